The zero-order valence-corrected chi connectivity index (χ0v) is 20.8. The van der Waals surface area contributed by atoms with Crippen molar-refractivity contribution in [2.24, 2.45) is 0 Å². The quantitative estimate of drug-likeness (QED) is 0.412. The molecule has 10 heteroatoms. The maximum Gasteiger partial charge on any atom is 0.213 e. The van der Waals surface area contributed by atoms with Crippen LogP contribution in [-0.2, 0) is 6.54 Å². The molecule has 2 N–H and O–H groups in total. The van der Waals surface area contributed by atoms with Crippen LogP contribution >= 0.6 is 0 Å². The zero-order chi connectivity index (χ0) is 25.5. The molecule has 3 fully saturated rings. The molecule has 0 spiro atoms. The molecule has 3 aliphatic rings. The predicted octanol–water partition coefficient (Wildman–Crippen LogP) is 3.12. The van der Waals surface area contributed by atoms with Crippen molar-refractivity contribution in [1.82, 2.24) is 24.5 Å². The molecule has 0 saturated carbocycles. The van der Waals surface area contributed by atoms with Crippen LogP contribution in [0.2, 0.25) is 0 Å². The van der Waals surface area contributed by atoms with Crippen molar-refractivity contribution in [2.75, 3.05) is 37.4 Å². The number of hydrogen-bond donors (Lipinski definition) is 1. The molecular weight excluding hydrogens is 468 g/mol. The lowest BCUT2D eigenvalue weighted by atomic mass is 9.87. The first-order chi connectivity index (χ1) is 18.1. The van der Waals surface area contributed by atoms with E-state index in [-0.39, 0.29) is 5.82 Å². The van der Waals surface area contributed by atoms with E-state index in [4.69, 9.17) is 20.2 Å². The molecule has 0 amide bonds. The molecule has 4 aromatic rings. The number of nitrogens with two attached hydrogens (primary N) is 1. The van der Waals surface area contributed by atoms with Gasteiger partial charge in [-0.3, -0.25) is 4.90 Å². The first-order valence-electron chi connectivity index (χ1n) is 12.4. The van der Waals surface area contributed by atoms with Crippen LogP contribution in [0, 0.1) is 11.3 Å². The summed E-state index contributed by atoms with van der Waals surface area (Å²) >= 11 is 0. The zero-order valence-electron chi connectivity index (χ0n) is 20.8. The minimum atomic E-state index is 0.197. The fourth-order valence-electron chi connectivity index (χ4n) is 5.46. The minimum absolute atomic E-state index is 0.197. The number of hydrogen-bond acceptors (Lipinski definition) is 9. The van der Waals surface area contributed by atoms with Gasteiger partial charge in [0.2, 0.25) is 5.88 Å². The van der Waals surface area contributed by atoms with Crippen molar-refractivity contribution in [3.8, 4) is 28.8 Å². The van der Waals surface area contributed by atoms with Gasteiger partial charge in [0.15, 0.2) is 5.82 Å². The van der Waals surface area contributed by atoms with Gasteiger partial charge in [0.05, 0.1) is 31.1 Å². The topological polar surface area (TPSA) is 118 Å². The van der Waals surface area contributed by atoms with Crippen molar-refractivity contribution < 1.29 is 9.47 Å². The average molecular weight is 497 g/mol. The third-order valence-electron chi connectivity index (χ3n) is 7.21. The second-order valence-corrected chi connectivity index (χ2v) is 9.38. The molecule has 2 bridgehead atoms. The number of piperazine rings is 1. The summed E-state index contributed by atoms with van der Waals surface area (Å²) < 4.78 is 12.6. The van der Waals surface area contributed by atoms with Crippen molar-refractivity contribution in [2.45, 2.75) is 32.0 Å². The fraction of sp³-hybridized carbons (Fsp3) is 0.333. The van der Waals surface area contributed by atoms with Crippen LogP contribution in [0.3, 0.4) is 0 Å². The molecule has 188 valence electrons. The maximum absolute atomic E-state index is 9.68. The van der Waals surface area contributed by atoms with Crippen LogP contribution in [0.25, 0.3) is 16.6 Å². The summed E-state index contributed by atoms with van der Waals surface area (Å²) in [7, 11) is 1.65. The van der Waals surface area contributed by atoms with E-state index in [1.807, 2.05) is 43.5 Å². The van der Waals surface area contributed by atoms with Crippen molar-refractivity contribution in [3.63, 3.8) is 0 Å². The first kappa shape index (κ1) is 23.1. The Hall–Kier alpha value is -4.36. The Morgan fingerprint density at radius 3 is 2.73 bits per heavy atom. The molecule has 0 aromatic carbocycles. The predicted molar refractivity (Wildman–Crippen MR) is 139 cm³/mol. The van der Waals surface area contributed by atoms with Gasteiger partial charge in [-0.25, -0.2) is 14.5 Å². The Balaban J connectivity index is 1.22. The van der Waals surface area contributed by atoms with Crippen LogP contribution in [0.15, 0.2) is 48.8 Å². The standard InChI is InChI=1S/C27H28N8O2/c1-3-37-21-10-22(26-23(11-28)27(29)32-35(26)16-21)17-7-8-24(30-12-17)33-14-19-9-20(15-33)34(19)13-18-5-4-6-25(31-18)36-2/h4-8,10,12,16,19-20H,3,9,13-15H2,1-2H3,(H2,29,32). The second-order valence-electron chi connectivity index (χ2n) is 9.38. The highest BCUT2D eigenvalue weighted by atomic mass is 16.5. The summed E-state index contributed by atoms with van der Waals surface area (Å²) in [5, 5.41) is 14.0. The van der Waals surface area contributed by atoms with Crippen molar-refractivity contribution in [1.29, 1.82) is 5.26 Å². The third kappa shape index (κ3) is 4.07. The van der Waals surface area contributed by atoms with Gasteiger partial charge < -0.3 is 20.1 Å². The highest BCUT2D eigenvalue weighted by Crippen LogP contribution is 2.37. The molecular formula is C27H28N8O2. The summed E-state index contributed by atoms with van der Waals surface area (Å²) in [5.74, 6) is 2.45. The van der Waals surface area contributed by atoms with E-state index < -0.39 is 0 Å². The lowest BCUT2D eigenvalue weighted by molar-refractivity contribution is -0.00977. The van der Waals surface area contributed by atoms with Gasteiger partial charge in [-0.05, 0) is 37.6 Å². The number of ether oxygens (including phenoxy) is 2. The molecule has 37 heavy (non-hydrogen) atoms. The molecule has 0 aliphatic carbocycles. The average Bonchev–Trinajstić information content (AvgIpc) is 3.26. The number of piperidine rings is 1. The highest BCUT2D eigenvalue weighted by molar-refractivity contribution is 5.88. The number of aromatic nitrogens is 4. The van der Waals surface area contributed by atoms with Crippen LogP contribution in [0.1, 0.15) is 24.6 Å². The first-order valence-corrected chi connectivity index (χ1v) is 12.4. The SMILES string of the molecule is CCOc1cc(-c2ccc(N3CC4CC(C3)N4Cc3cccc(OC)n3)nc2)c2c(C#N)c(N)nn2c1. The number of fused-ring (bicyclic) bond motifs is 3. The maximum atomic E-state index is 9.68. The number of nitrogens with zero attached hydrogens (tertiary/aromatic N) is 7. The number of methoxy groups -OCH3 is 1. The summed E-state index contributed by atoms with van der Waals surface area (Å²) in [6.07, 6.45) is 4.79. The summed E-state index contributed by atoms with van der Waals surface area (Å²) in [5.41, 5.74) is 9.73. The normalized spacial score (nSPS) is 18.9. The molecule has 2 atom stereocenters. The number of pyridine rings is 3. The van der Waals surface area contributed by atoms with Gasteiger partial charge in [-0.2, -0.15) is 5.26 Å². The summed E-state index contributed by atoms with van der Waals surface area (Å²) in [4.78, 5) is 14.3. The lowest BCUT2D eigenvalue weighted by Crippen LogP contribution is -2.68. The Morgan fingerprint density at radius 2 is 2.03 bits per heavy atom. The number of nitrogen functional groups attached to an aromatic ring is 1. The number of anilines is 2. The van der Waals surface area contributed by atoms with Gasteiger partial charge in [-0.15, -0.1) is 5.10 Å². The van der Waals surface area contributed by atoms with Crippen LogP contribution in [0.4, 0.5) is 11.6 Å². The smallest absolute Gasteiger partial charge is 0.213 e. The van der Waals surface area contributed by atoms with Crippen molar-refractivity contribution in [3.05, 3.63) is 60.0 Å². The van der Waals surface area contributed by atoms with Gasteiger partial charge >= 0.3 is 0 Å². The number of rotatable bonds is 7. The lowest BCUT2D eigenvalue weighted by Gasteiger charge is -2.56. The fourth-order valence-corrected chi connectivity index (χ4v) is 5.46. The Morgan fingerprint density at radius 1 is 1.19 bits per heavy atom. The summed E-state index contributed by atoms with van der Waals surface area (Å²) in [6.45, 7) is 5.12. The van der Waals surface area contributed by atoms with Gasteiger partial charge in [0, 0.05) is 55.1 Å². The molecule has 2 unspecified atom stereocenters. The van der Waals surface area contributed by atoms with Crippen LogP contribution in [0.5, 0.6) is 11.6 Å². The van der Waals surface area contributed by atoms with Gasteiger partial charge in [0.25, 0.3) is 0 Å². The molecule has 4 aromatic heterocycles. The van der Waals surface area contributed by atoms with Crippen LogP contribution in [-0.4, -0.2) is 63.4 Å². The van der Waals surface area contributed by atoms with Gasteiger partial charge in [0.1, 0.15) is 23.2 Å². The third-order valence-corrected chi connectivity index (χ3v) is 7.21. The van der Waals surface area contributed by atoms with E-state index in [1.165, 1.54) is 6.42 Å². The van der Waals surface area contributed by atoms with Crippen LogP contribution < -0.4 is 20.1 Å². The second kappa shape index (κ2) is 9.26. The minimum Gasteiger partial charge on any atom is -0.492 e. The Kier molecular flexibility index (Phi) is 5.77. The van der Waals surface area contributed by atoms with E-state index in [2.05, 4.69) is 32.0 Å². The Labute approximate surface area is 214 Å². The van der Waals surface area contributed by atoms with E-state index in [0.717, 1.165) is 42.3 Å². The summed E-state index contributed by atoms with van der Waals surface area (Å²) in [6, 6.07) is 15.1. The number of nitriles is 1. The van der Waals surface area contributed by atoms with Gasteiger partial charge in [-0.1, -0.05) is 6.07 Å². The Bertz CT molecular complexity index is 1480. The molecule has 3 aliphatic heterocycles. The molecule has 7 heterocycles. The largest absolute Gasteiger partial charge is 0.492 e. The van der Waals surface area contributed by atoms with E-state index in [1.54, 1.807) is 17.8 Å². The molecule has 10 nitrogen and oxygen atoms in total. The monoisotopic (exact) mass is 496 g/mol. The molecule has 3 saturated heterocycles. The highest BCUT2D eigenvalue weighted by Gasteiger charge is 2.44. The molecule has 0 radical (unpaired) electrons. The van der Waals surface area contributed by atoms with E-state index in [9.17, 15) is 5.26 Å². The van der Waals surface area contributed by atoms with E-state index >= 15 is 0 Å². The molecule has 7 rings (SSSR count). The van der Waals surface area contributed by atoms with E-state index in [0.29, 0.717) is 41.4 Å². The van der Waals surface area contributed by atoms with Crippen molar-refractivity contribution >= 4 is 17.2 Å².